The van der Waals surface area contributed by atoms with E-state index in [9.17, 15) is 27.9 Å². The Morgan fingerprint density at radius 3 is 2.14 bits per heavy atom. The van der Waals surface area contributed by atoms with Crippen LogP contribution in [-0.4, -0.2) is 83.1 Å². The molecule has 0 aromatic rings. The van der Waals surface area contributed by atoms with Crippen LogP contribution in [0.5, 0.6) is 0 Å². The van der Waals surface area contributed by atoms with Crippen molar-refractivity contribution in [2.24, 2.45) is 0 Å². The second kappa shape index (κ2) is 6.94. The predicted molar refractivity (Wildman–Crippen MR) is 65.7 cm³/mol. The minimum Gasteiger partial charge on any atom is -0.480 e. The molecule has 0 saturated carbocycles. The molecule has 2 unspecified atom stereocenters. The number of rotatable bonds is 4. The summed E-state index contributed by atoms with van der Waals surface area (Å²) in [5.41, 5.74) is 0. The lowest BCUT2D eigenvalue weighted by Crippen LogP contribution is -2.57. The third-order valence-electron chi connectivity index (χ3n) is 3.09. The van der Waals surface area contributed by atoms with Crippen LogP contribution in [0.4, 0.5) is 18.0 Å². The molecule has 122 valence electrons. The maximum absolute atomic E-state index is 12.2. The van der Waals surface area contributed by atoms with E-state index in [-0.39, 0.29) is 26.2 Å². The van der Waals surface area contributed by atoms with Gasteiger partial charge in [0, 0.05) is 26.2 Å². The molecule has 1 rings (SSSR count). The highest BCUT2D eigenvalue weighted by Gasteiger charge is 2.33. The van der Waals surface area contributed by atoms with Crippen LogP contribution in [0.1, 0.15) is 6.92 Å². The highest BCUT2D eigenvalue weighted by atomic mass is 19.4. The van der Waals surface area contributed by atoms with Gasteiger partial charge in [0.1, 0.15) is 0 Å². The number of hydrogen-bond acceptors (Lipinski definition) is 4. The van der Waals surface area contributed by atoms with Crippen molar-refractivity contribution in [3.63, 3.8) is 0 Å². The van der Waals surface area contributed by atoms with E-state index in [1.807, 2.05) is 0 Å². The molecule has 1 aliphatic heterocycles. The number of halogens is 3. The first kappa shape index (κ1) is 17.5. The minimum absolute atomic E-state index is 0.0549. The van der Waals surface area contributed by atoms with Crippen LogP contribution >= 0.6 is 0 Å². The molecule has 7 nitrogen and oxygen atoms in total. The lowest BCUT2D eigenvalue weighted by Gasteiger charge is -2.35. The van der Waals surface area contributed by atoms with Gasteiger partial charge in [-0.3, -0.25) is 4.90 Å². The van der Waals surface area contributed by atoms with Gasteiger partial charge in [0.15, 0.2) is 6.04 Å². The number of nitrogens with one attached hydrogen (secondary N) is 1. The van der Waals surface area contributed by atoms with Crippen LogP contribution in [0.2, 0.25) is 0 Å². The molecular formula is C11H18F3N3O4. The zero-order chi connectivity index (χ0) is 16.2. The zero-order valence-electron chi connectivity index (χ0n) is 11.4. The topological polar surface area (TPSA) is 93.1 Å². The lowest BCUT2D eigenvalue weighted by atomic mass is 10.2. The van der Waals surface area contributed by atoms with Crippen molar-refractivity contribution in [1.29, 1.82) is 0 Å². The van der Waals surface area contributed by atoms with Crippen molar-refractivity contribution in [3.05, 3.63) is 0 Å². The summed E-state index contributed by atoms with van der Waals surface area (Å²) in [7, 11) is 0. The fourth-order valence-corrected chi connectivity index (χ4v) is 1.98. The van der Waals surface area contributed by atoms with Crippen molar-refractivity contribution in [3.8, 4) is 0 Å². The number of aliphatic carboxylic acids is 1. The molecule has 2 amide bonds. The summed E-state index contributed by atoms with van der Waals surface area (Å²) in [5.74, 6) is -1.38. The Hall–Kier alpha value is -1.55. The van der Waals surface area contributed by atoms with Crippen LogP contribution in [0.15, 0.2) is 0 Å². The monoisotopic (exact) mass is 313 g/mol. The van der Waals surface area contributed by atoms with E-state index < -0.39 is 36.9 Å². The number of carbonyl (C=O) groups is 2. The summed E-state index contributed by atoms with van der Waals surface area (Å²) >= 11 is 0. The Labute approximate surface area is 119 Å². The van der Waals surface area contributed by atoms with Crippen LogP contribution in [0.3, 0.4) is 0 Å². The van der Waals surface area contributed by atoms with Crippen molar-refractivity contribution < 1.29 is 33.0 Å². The number of hydrogen-bond donors (Lipinski definition) is 3. The number of carboxylic acids is 1. The molecule has 0 spiro atoms. The molecule has 1 heterocycles. The molecule has 10 heteroatoms. The van der Waals surface area contributed by atoms with E-state index in [1.165, 1.54) is 16.7 Å². The van der Waals surface area contributed by atoms with Crippen molar-refractivity contribution in [1.82, 2.24) is 15.1 Å². The average Bonchev–Trinajstić information content (AvgIpc) is 2.33. The third kappa shape index (κ3) is 5.76. The van der Waals surface area contributed by atoms with Crippen LogP contribution in [0.25, 0.3) is 0 Å². The van der Waals surface area contributed by atoms with Gasteiger partial charge < -0.3 is 20.4 Å². The maximum Gasteiger partial charge on any atom is 0.401 e. The van der Waals surface area contributed by atoms with E-state index in [0.717, 1.165) is 0 Å². The van der Waals surface area contributed by atoms with E-state index in [2.05, 4.69) is 5.32 Å². The van der Waals surface area contributed by atoms with Crippen molar-refractivity contribution >= 4 is 12.0 Å². The van der Waals surface area contributed by atoms with Gasteiger partial charge in [0.25, 0.3) is 0 Å². The van der Waals surface area contributed by atoms with Crippen molar-refractivity contribution in [2.45, 2.75) is 25.2 Å². The van der Waals surface area contributed by atoms with E-state index >= 15 is 0 Å². The van der Waals surface area contributed by atoms with E-state index in [4.69, 9.17) is 5.11 Å². The second-order valence-corrected chi connectivity index (χ2v) is 4.88. The fraction of sp³-hybridized carbons (Fsp3) is 0.818. The largest absolute Gasteiger partial charge is 0.480 e. The molecule has 3 N–H and O–H groups in total. The molecule has 21 heavy (non-hydrogen) atoms. The average molecular weight is 313 g/mol. The number of carboxylic acid groups (broad SMARTS) is 1. The van der Waals surface area contributed by atoms with Gasteiger partial charge in [-0.15, -0.1) is 0 Å². The normalized spacial score (nSPS) is 20.0. The Kier molecular flexibility index (Phi) is 5.78. The predicted octanol–water partition coefficient (Wildman–Crippen LogP) is -0.290. The minimum atomic E-state index is -4.29. The molecular weight excluding hydrogens is 295 g/mol. The number of aliphatic hydroxyl groups excluding tert-OH is 1. The Morgan fingerprint density at radius 2 is 1.76 bits per heavy atom. The SMILES string of the molecule is CC(O)C(NC(=O)N1CCN(CC(F)(F)F)CC1)C(=O)O. The van der Waals surface area contributed by atoms with Gasteiger partial charge in [-0.2, -0.15) is 13.2 Å². The van der Waals surface area contributed by atoms with Gasteiger partial charge in [-0.1, -0.05) is 0 Å². The summed E-state index contributed by atoms with van der Waals surface area (Å²) in [6, 6.07) is -2.17. The summed E-state index contributed by atoms with van der Waals surface area (Å²) in [4.78, 5) is 25.1. The summed E-state index contributed by atoms with van der Waals surface area (Å²) in [5, 5.41) is 20.2. The van der Waals surface area contributed by atoms with E-state index in [0.29, 0.717) is 0 Å². The molecule has 1 fully saturated rings. The van der Waals surface area contributed by atoms with Crippen LogP contribution in [0, 0.1) is 0 Å². The van der Waals surface area contributed by atoms with Gasteiger partial charge in [0.05, 0.1) is 12.6 Å². The molecule has 2 atom stereocenters. The number of alkyl halides is 3. The Balaban J connectivity index is 2.46. The molecule has 0 bridgehead atoms. The Morgan fingerprint density at radius 1 is 1.24 bits per heavy atom. The van der Waals surface area contributed by atoms with Gasteiger partial charge >= 0.3 is 18.2 Å². The number of carbonyl (C=O) groups excluding carboxylic acids is 1. The van der Waals surface area contributed by atoms with Gasteiger partial charge in [0.2, 0.25) is 0 Å². The molecule has 0 aromatic heterocycles. The second-order valence-electron chi connectivity index (χ2n) is 4.88. The Bertz CT molecular complexity index is 381. The molecule has 0 radical (unpaired) electrons. The van der Waals surface area contributed by atoms with Crippen LogP contribution in [-0.2, 0) is 4.79 Å². The summed E-state index contributed by atoms with van der Waals surface area (Å²) in [6.45, 7) is 0.426. The number of urea groups is 1. The smallest absolute Gasteiger partial charge is 0.401 e. The number of piperazine rings is 1. The number of nitrogens with zero attached hydrogens (tertiary/aromatic N) is 2. The lowest BCUT2D eigenvalue weighted by molar-refractivity contribution is -0.148. The quantitative estimate of drug-likeness (QED) is 0.663. The number of aliphatic hydroxyl groups is 1. The van der Waals surface area contributed by atoms with Gasteiger partial charge in [-0.05, 0) is 6.92 Å². The molecule has 1 saturated heterocycles. The summed E-state index contributed by atoms with van der Waals surface area (Å²) in [6.07, 6.45) is -5.57. The first-order valence-electron chi connectivity index (χ1n) is 6.35. The molecule has 0 aliphatic carbocycles. The van der Waals surface area contributed by atoms with E-state index in [1.54, 1.807) is 0 Å². The highest BCUT2D eigenvalue weighted by molar-refractivity contribution is 5.83. The third-order valence-corrected chi connectivity index (χ3v) is 3.09. The van der Waals surface area contributed by atoms with Crippen LogP contribution < -0.4 is 5.32 Å². The fourth-order valence-electron chi connectivity index (χ4n) is 1.98. The van der Waals surface area contributed by atoms with Gasteiger partial charge in [-0.25, -0.2) is 9.59 Å². The van der Waals surface area contributed by atoms with Crippen molar-refractivity contribution in [2.75, 3.05) is 32.7 Å². The number of amides is 2. The zero-order valence-corrected chi connectivity index (χ0v) is 11.4. The molecule has 0 aromatic carbocycles. The highest BCUT2D eigenvalue weighted by Crippen LogP contribution is 2.17. The summed E-state index contributed by atoms with van der Waals surface area (Å²) < 4.78 is 36.7. The molecule has 1 aliphatic rings. The maximum atomic E-state index is 12.2. The standard InChI is InChI=1S/C11H18F3N3O4/c1-7(18)8(9(19)20)15-10(21)17-4-2-16(3-5-17)6-11(12,13)14/h7-8,18H,2-6H2,1H3,(H,15,21)(H,19,20). The first-order chi connectivity index (χ1) is 9.60. The first-order valence-corrected chi connectivity index (χ1v) is 6.35.